The van der Waals surface area contributed by atoms with Gasteiger partial charge in [0.1, 0.15) is 5.56 Å². The van der Waals surface area contributed by atoms with E-state index in [-0.39, 0.29) is 5.56 Å². The normalized spacial score (nSPS) is 8.92. The van der Waals surface area contributed by atoms with Crippen LogP contribution >= 0.6 is 0 Å². The molecule has 6 heteroatoms. The fraction of sp³-hybridized carbons (Fsp3) is 0. The first-order valence-corrected chi connectivity index (χ1v) is 3.42. The molecule has 1 rings (SSSR count). The molecule has 68 valence electrons. The number of rotatable bonds is 3. The second-order valence-electron chi connectivity index (χ2n) is 2.17. The van der Waals surface area contributed by atoms with E-state index >= 15 is 0 Å². The van der Waals surface area contributed by atoms with E-state index in [1.54, 1.807) is 0 Å². The van der Waals surface area contributed by atoms with E-state index in [1.807, 2.05) is 5.43 Å². The Bertz CT molecular complexity index is 327. The maximum atomic E-state index is 11.1. The van der Waals surface area contributed by atoms with Gasteiger partial charge in [-0.15, -0.1) is 0 Å². The first-order chi connectivity index (χ1) is 6.24. The first kappa shape index (κ1) is 8.98. The van der Waals surface area contributed by atoms with Crippen LogP contribution in [0.1, 0.15) is 10.4 Å². The Labute approximate surface area is 73.7 Å². The molecule has 0 fully saturated rings. The van der Waals surface area contributed by atoms with Gasteiger partial charge in [0.05, 0.1) is 0 Å². The van der Waals surface area contributed by atoms with E-state index < -0.39 is 5.91 Å². The summed E-state index contributed by atoms with van der Waals surface area (Å²) in [6, 6.07) is 2.89. The van der Waals surface area contributed by atoms with Crippen LogP contribution in [-0.2, 0) is 4.79 Å². The zero-order valence-corrected chi connectivity index (χ0v) is 6.56. The van der Waals surface area contributed by atoms with Crippen molar-refractivity contribution in [1.82, 2.24) is 10.9 Å². The van der Waals surface area contributed by atoms with Gasteiger partial charge in [0.2, 0.25) is 6.41 Å². The third-order valence-electron chi connectivity index (χ3n) is 1.28. The van der Waals surface area contributed by atoms with Crippen LogP contribution in [0.2, 0.25) is 0 Å². The molecule has 1 aromatic heterocycles. The van der Waals surface area contributed by atoms with Crippen LogP contribution in [0, 0.1) is 5.21 Å². The molecule has 0 saturated carbocycles. The van der Waals surface area contributed by atoms with Gasteiger partial charge in [-0.3, -0.25) is 20.4 Å². The second kappa shape index (κ2) is 4.05. The van der Waals surface area contributed by atoms with Crippen LogP contribution in [0.5, 0.6) is 0 Å². The smallest absolute Gasteiger partial charge is 0.275 e. The van der Waals surface area contributed by atoms with Gasteiger partial charge >= 0.3 is 0 Å². The molecular weight excluding hydrogens is 174 g/mol. The molecule has 0 aliphatic rings. The summed E-state index contributed by atoms with van der Waals surface area (Å²) < 4.78 is 0.496. The van der Waals surface area contributed by atoms with Gasteiger partial charge in [0.25, 0.3) is 5.91 Å². The van der Waals surface area contributed by atoms with Crippen molar-refractivity contribution in [3.63, 3.8) is 0 Å². The number of pyridine rings is 1. The van der Waals surface area contributed by atoms with E-state index in [2.05, 4.69) is 5.43 Å². The molecule has 6 nitrogen and oxygen atoms in total. The van der Waals surface area contributed by atoms with Crippen molar-refractivity contribution in [2.75, 3.05) is 0 Å². The molecule has 0 bridgehead atoms. The lowest BCUT2D eigenvalue weighted by molar-refractivity contribution is -0.605. The highest BCUT2D eigenvalue weighted by Gasteiger charge is 2.06. The zero-order valence-electron chi connectivity index (χ0n) is 6.56. The Balaban J connectivity index is 2.71. The topological polar surface area (TPSA) is 85.1 Å². The molecule has 0 aromatic carbocycles. The van der Waals surface area contributed by atoms with Gasteiger partial charge in [-0.1, -0.05) is 0 Å². The molecular formula is C7H7N3O3. The number of amides is 2. The van der Waals surface area contributed by atoms with Crippen LogP contribution in [0.3, 0.4) is 0 Å². The number of hydrogen-bond donors (Lipinski definition) is 2. The molecule has 0 radical (unpaired) electrons. The van der Waals surface area contributed by atoms with Gasteiger partial charge in [-0.25, -0.2) is 0 Å². The first-order valence-electron chi connectivity index (χ1n) is 3.42. The fourth-order valence-electron chi connectivity index (χ4n) is 0.756. The predicted octanol–water partition coefficient (Wildman–Crippen LogP) is -1.29. The average molecular weight is 181 g/mol. The number of carbonyl (C=O) groups excluding carboxylic acids is 2. The summed E-state index contributed by atoms with van der Waals surface area (Å²) in [7, 11) is 0. The van der Waals surface area contributed by atoms with Crippen molar-refractivity contribution in [3.05, 3.63) is 35.3 Å². The lowest BCUT2D eigenvalue weighted by Gasteiger charge is -2.01. The summed E-state index contributed by atoms with van der Waals surface area (Å²) in [4.78, 5) is 20.9. The summed E-state index contributed by atoms with van der Waals surface area (Å²) >= 11 is 0. The highest BCUT2D eigenvalue weighted by atomic mass is 16.5. The summed E-state index contributed by atoms with van der Waals surface area (Å²) in [5.41, 5.74) is 4.21. The van der Waals surface area contributed by atoms with Crippen LogP contribution in [0.15, 0.2) is 24.5 Å². The van der Waals surface area contributed by atoms with Crippen LogP contribution in [0.25, 0.3) is 0 Å². The van der Waals surface area contributed by atoms with Crippen molar-refractivity contribution < 1.29 is 14.3 Å². The van der Waals surface area contributed by atoms with Crippen molar-refractivity contribution in [1.29, 1.82) is 0 Å². The van der Waals surface area contributed by atoms with Crippen LogP contribution in [-0.4, -0.2) is 12.3 Å². The largest absolute Gasteiger partial charge is 0.619 e. The minimum atomic E-state index is -0.544. The van der Waals surface area contributed by atoms with E-state index in [9.17, 15) is 14.8 Å². The van der Waals surface area contributed by atoms with E-state index in [1.165, 1.54) is 18.3 Å². The monoisotopic (exact) mass is 181 g/mol. The van der Waals surface area contributed by atoms with Crippen molar-refractivity contribution >= 4 is 12.3 Å². The second-order valence-corrected chi connectivity index (χ2v) is 2.17. The standard InChI is InChI=1S/C7H7N3O3/c11-5-8-9-7(12)6-2-1-3-10(13)4-6/h1-5H,(H,8,11)(H,9,12). The minimum Gasteiger partial charge on any atom is -0.619 e. The van der Waals surface area contributed by atoms with Gasteiger partial charge in [0, 0.05) is 6.07 Å². The zero-order chi connectivity index (χ0) is 9.68. The van der Waals surface area contributed by atoms with Crippen molar-refractivity contribution in [2.24, 2.45) is 0 Å². The summed E-state index contributed by atoms with van der Waals surface area (Å²) in [5, 5.41) is 10.7. The molecule has 0 unspecified atom stereocenters. The molecule has 2 N–H and O–H groups in total. The third kappa shape index (κ3) is 2.44. The average Bonchev–Trinajstić information content (AvgIpc) is 2.14. The third-order valence-corrected chi connectivity index (χ3v) is 1.28. The Morgan fingerprint density at radius 1 is 1.62 bits per heavy atom. The number of carbonyl (C=O) groups is 2. The maximum absolute atomic E-state index is 11.1. The molecule has 13 heavy (non-hydrogen) atoms. The Morgan fingerprint density at radius 3 is 3.00 bits per heavy atom. The summed E-state index contributed by atoms with van der Waals surface area (Å²) in [5.74, 6) is -0.544. The van der Waals surface area contributed by atoms with Crippen molar-refractivity contribution in [2.45, 2.75) is 0 Å². The summed E-state index contributed by atoms with van der Waals surface area (Å²) in [6.45, 7) is 0. The number of nitrogens with one attached hydrogen (secondary N) is 2. The predicted molar refractivity (Wildman–Crippen MR) is 42.1 cm³/mol. The number of hydrazine groups is 1. The quantitative estimate of drug-likeness (QED) is 0.263. The highest BCUT2D eigenvalue weighted by Crippen LogP contribution is 1.92. The number of nitrogens with zero attached hydrogens (tertiary/aromatic N) is 1. The Kier molecular flexibility index (Phi) is 2.80. The maximum Gasteiger partial charge on any atom is 0.275 e. The SMILES string of the molecule is O=CNNC(=O)c1ccc[n+]([O-])c1. The number of aromatic nitrogens is 1. The highest BCUT2D eigenvalue weighted by molar-refractivity contribution is 5.93. The van der Waals surface area contributed by atoms with Gasteiger partial charge in [-0.05, 0) is 6.07 Å². The Hall–Kier alpha value is -2.11. The van der Waals surface area contributed by atoms with Crippen molar-refractivity contribution in [3.8, 4) is 0 Å². The van der Waals surface area contributed by atoms with Crippen LogP contribution in [0.4, 0.5) is 0 Å². The molecule has 0 aliphatic carbocycles. The van der Waals surface area contributed by atoms with E-state index in [0.29, 0.717) is 11.1 Å². The van der Waals surface area contributed by atoms with E-state index in [0.717, 1.165) is 6.20 Å². The molecule has 2 amide bonds. The molecule has 1 heterocycles. The lowest BCUT2D eigenvalue weighted by atomic mass is 10.3. The van der Waals surface area contributed by atoms with Gasteiger partial charge in [0.15, 0.2) is 12.4 Å². The van der Waals surface area contributed by atoms with Gasteiger partial charge < -0.3 is 5.21 Å². The van der Waals surface area contributed by atoms with Crippen LogP contribution < -0.4 is 15.6 Å². The molecule has 0 atom stereocenters. The fourth-order valence-corrected chi connectivity index (χ4v) is 0.756. The minimum absolute atomic E-state index is 0.173. The molecule has 0 spiro atoms. The van der Waals surface area contributed by atoms with Gasteiger partial charge in [-0.2, -0.15) is 4.73 Å². The molecule has 1 aromatic rings. The number of hydrogen-bond acceptors (Lipinski definition) is 3. The Morgan fingerprint density at radius 2 is 2.38 bits per heavy atom. The lowest BCUT2D eigenvalue weighted by Crippen LogP contribution is -2.37. The van der Waals surface area contributed by atoms with E-state index in [4.69, 9.17) is 0 Å². The molecule has 0 saturated heterocycles. The molecule has 0 aliphatic heterocycles. The summed E-state index contributed by atoms with van der Waals surface area (Å²) in [6.07, 6.45) is 2.68.